The number of pyridine rings is 1. The lowest BCUT2D eigenvalue weighted by atomic mass is 10.0. The minimum absolute atomic E-state index is 0.0596. The zero-order chi connectivity index (χ0) is 20.4. The highest BCUT2D eigenvalue weighted by Gasteiger charge is 2.27. The molecule has 0 saturated heterocycles. The van der Waals surface area contributed by atoms with E-state index in [2.05, 4.69) is 11.1 Å². The Bertz CT molecular complexity index is 1090. The van der Waals surface area contributed by atoms with E-state index in [9.17, 15) is 4.79 Å². The Labute approximate surface area is 169 Å². The summed E-state index contributed by atoms with van der Waals surface area (Å²) in [7, 11) is 3.93. The molecule has 0 atom stereocenters. The number of hydrogen-bond donors (Lipinski definition) is 0. The number of fused-ring (bicyclic) bond motifs is 1. The van der Waals surface area contributed by atoms with Gasteiger partial charge in [-0.3, -0.25) is 9.78 Å². The predicted octanol–water partition coefficient (Wildman–Crippen LogP) is 2.67. The van der Waals surface area contributed by atoms with E-state index in [-0.39, 0.29) is 5.91 Å². The number of amides is 1. The van der Waals surface area contributed by atoms with E-state index < -0.39 is 0 Å². The Morgan fingerprint density at radius 1 is 1.10 bits per heavy atom. The van der Waals surface area contributed by atoms with Crippen LogP contribution in [0.3, 0.4) is 0 Å². The van der Waals surface area contributed by atoms with Crippen LogP contribution in [0.5, 0.6) is 0 Å². The van der Waals surface area contributed by atoms with Crippen molar-refractivity contribution < 1.29 is 4.79 Å². The summed E-state index contributed by atoms with van der Waals surface area (Å²) in [6, 6.07) is 12.6. The van der Waals surface area contributed by atoms with Crippen molar-refractivity contribution in [1.82, 2.24) is 19.9 Å². The maximum atomic E-state index is 13.0. The average molecular weight is 384 g/mol. The number of carbonyl (C=O) groups excluding carboxylic acids is 1. The molecule has 2 aromatic heterocycles. The highest BCUT2D eigenvalue weighted by Crippen LogP contribution is 2.29. The Morgan fingerprint density at radius 3 is 2.48 bits per heavy atom. The summed E-state index contributed by atoms with van der Waals surface area (Å²) in [4.78, 5) is 30.3. The zero-order valence-corrected chi connectivity index (χ0v) is 16.3. The molecule has 0 fully saturated rings. The number of benzene rings is 1. The van der Waals surface area contributed by atoms with Crippen LogP contribution >= 0.6 is 0 Å². The minimum Gasteiger partial charge on any atom is -0.362 e. The number of rotatable bonds is 3. The fourth-order valence-electron chi connectivity index (χ4n) is 3.45. The van der Waals surface area contributed by atoms with Gasteiger partial charge in [-0.05, 0) is 42.8 Å². The molecular weight excluding hydrogens is 364 g/mol. The second-order valence-corrected chi connectivity index (χ2v) is 7.09. The smallest absolute Gasteiger partial charge is 0.254 e. The second kappa shape index (κ2) is 7.68. The molecule has 1 aliphatic heterocycles. The molecule has 0 saturated carbocycles. The van der Waals surface area contributed by atoms with Crippen molar-refractivity contribution in [2.45, 2.75) is 13.0 Å². The van der Waals surface area contributed by atoms with E-state index in [1.165, 1.54) is 0 Å². The van der Waals surface area contributed by atoms with Crippen LogP contribution < -0.4 is 4.90 Å². The summed E-state index contributed by atoms with van der Waals surface area (Å²) in [6.45, 7) is 1.03. The molecule has 0 aliphatic carbocycles. The van der Waals surface area contributed by atoms with Crippen molar-refractivity contribution >= 4 is 11.7 Å². The van der Waals surface area contributed by atoms with Gasteiger partial charge in [0.2, 0.25) is 0 Å². The predicted molar refractivity (Wildman–Crippen MR) is 109 cm³/mol. The first kappa shape index (κ1) is 18.6. The molecule has 3 heterocycles. The molecule has 29 heavy (non-hydrogen) atoms. The van der Waals surface area contributed by atoms with Gasteiger partial charge in [-0.2, -0.15) is 5.26 Å². The third-order valence-electron chi connectivity index (χ3n) is 4.95. The molecule has 144 valence electrons. The van der Waals surface area contributed by atoms with Crippen molar-refractivity contribution in [2.24, 2.45) is 0 Å². The molecule has 0 radical (unpaired) electrons. The molecule has 1 amide bonds. The highest BCUT2D eigenvalue weighted by atomic mass is 16.2. The van der Waals surface area contributed by atoms with Gasteiger partial charge in [0.15, 0.2) is 5.82 Å². The van der Waals surface area contributed by atoms with Gasteiger partial charge in [0.25, 0.3) is 5.91 Å². The standard InChI is InChI=1S/C22H20N6O/c1-27(2)21-18-9-12-28(22(29)17-5-3-15(13-23)4-6-17)14-19(18)25-20(26-21)16-7-10-24-11-8-16/h3-8,10-11H,9,12,14H2,1-2H3. The maximum Gasteiger partial charge on any atom is 0.254 e. The Morgan fingerprint density at radius 2 is 1.83 bits per heavy atom. The number of nitrogens with zero attached hydrogens (tertiary/aromatic N) is 6. The molecule has 0 bridgehead atoms. The van der Waals surface area contributed by atoms with E-state index >= 15 is 0 Å². The molecule has 1 aliphatic rings. The fourth-order valence-corrected chi connectivity index (χ4v) is 3.45. The molecule has 3 aromatic rings. The van der Waals surface area contributed by atoms with Gasteiger partial charge in [-0.25, -0.2) is 9.97 Å². The molecule has 7 heteroatoms. The number of carbonyl (C=O) groups is 1. The number of aromatic nitrogens is 3. The van der Waals surface area contributed by atoms with Crippen molar-refractivity contribution in [2.75, 3.05) is 25.5 Å². The number of anilines is 1. The van der Waals surface area contributed by atoms with E-state index in [0.717, 1.165) is 22.6 Å². The fraction of sp³-hybridized carbons (Fsp3) is 0.227. The first-order valence-electron chi connectivity index (χ1n) is 9.34. The highest BCUT2D eigenvalue weighted by molar-refractivity contribution is 5.94. The maximum absolute atomic E-state index is 13.0. The van der Waals surface area contributed by atoms with Crippen molar-refractivity contribution in [1.29, 1.82) is 5.26 Å². The first-order chi connectivity index (χ1) is 14.1. The van der Waals surface area contributed by atoms with Crippen LogP contribution in [-0.2, 0) is 13.0 Å². The van der Waals surface area contributed by atoms with Gasteiger partial charge in [-0.15, -0.1) is 0 Å². The molecule has 4 rings (SSSR count). The molecular formula is C22H20N6O. The summed E-state index contributed by atoms with van der Waals surface area (Å²) >= 11 is 0. The monoisotopic (exact) mass is 384 g/mol. The van der Waals surface area contributed by atoms with Gasteiger partial charge < -0.3 is 9.80 Å². The number of nitriles is 1. The van der Waals surface area contributed by atoms with Gasteiger partial charge in [-0.1, -0.05) is 0 Å². The van der Waals surface area contributed by atoms with Crippen LogP contribution in [0.1, 0.15) is 27.2 Å². The van der Waals surface area contributed by atoms with Crippen LogP contribution in [0.15, 0.2) is 48.8 Å². The minimum atomic E-state index is -0.0596. The van der Waals surface area contributed by atoms with Crippen LogP contribution in [0.4, 0.5) is 5.82 Å². The normalized spacial score (nSPS) is 12.8. The summed E-state index contributed by atoms with van der Waals surface area (Å²) in [5, 5.41) is 8.95. The van der Waals surface area contributed by atoms with Crippen molar-refractivity contribution in [3.8, 4) is 17.5 Å². The van der Waals surface area contributed by atoms with E-state index in [1.54, 1.807) is 41.6 Å². The molecule has 0 unspecified atom stereocenters. The van der Waals surface area contributed by atoms with Crippen LogP contribution in [-0.4, -0.2) is 46.4 Å². The lowest BCUT2D eigenvalue weighted by Crippen LogP contribution is -2.37. The molecule has 7 nitrogen and oxygen atoms in total. The van der Waals surface area contributed by atoms with Crippen LogP contribution in [0.2, 0.25) is 0 Å². The zero-order valence-electron chi connectivity index (χ0n) is 16.3. The van der Waals surface area contributed by atoms with Gasteiger partial charge >= 0.3 is 0 Å². The third kappa shape index (κ3) is 3.65. The van der Waals surface area contributed by atoms with Gasteiger partial charge in [0.1, 0.15) is 5.82 Å². The summed E-state index contributed by atoms with van der Waals surface area (Å²) in [6.07, 6.45) is 4.13. The molecule has 0 N–H and O–H groups in total. The third-order valence-corrected chi connectivity index (χ3v) is 4.95. The second-order valence-electron chi connectivity index (χ2n) is 7.09. The summed E-state index contributed by atoms with van der Waals surface area (Å²) in [5.74, 6) is 1.45. The SMILES string of the molecule is CN(C)c1nc(-c2ccncc2)nc2c1CCN(C(=O)c1ccc(C#N)cc1)C2. The lowest BCUT2D eigenvalue weighted by Gasteiger charge is -2.30. The Hall–Kier alpha value is -3.79. The van der Waals surface area contributed by atoms with Crippen LogP contribution in [0, 0.1) is 11.3 Å². The van der Waals surface area contributed by atoms with E-state index in [0.29, 0.717) is 36.5 Å². The van der Waals surface area contributed by atoms with E-state index in [1.807, 2.05) is 31.1 Å². The quantitative estimate of drug-likeness (QED) is 0.690. The van der Waals surface area contributed by atoms with Gasteiger partial charge in [0.05, 0.1) is 23.9 Å². The van der Waals surface area contributed by atoms with E-state index in [4.69, 9.17) is 15.2 Å². The molecule has 1 aromatic carbocycles. The summed E-state index contributed by atoms with van der Waals surface area (Å²) in [5.41, 5.74) is 3.95. The first-order valence-corrected chi connectivity index (χ1v) is 9.34. The van der Waals surface area contributed by atoms with Crippen LogP contribution in [0.25, 0.3) is 11.4 Å². The van der Waals surface area contributed by atoms with Crippen molar-refractivity contribution in [3.63, 3.8) is 0 Å². The Balaban J connectivity index is 1.68. The average Bonchev–Trinajstić information content (AvgIpc) is 2.78. The largest absolute Gasteiger partial charge is 0.362 e. The summed E-state index contributed by atoms with van der Waals surface area (Å²) < 4.78 is 0. The Kier molecular flexibility index (Phi) is 4.92. The topological polar surface area (TPSA) is 86.0 Å². The number of hydrogen-bond acceptors (Lipinski definition) is 6. The van der Waals surface area contributed by atoms with Gasteiger partial charge in [0, 0.05) is 49.7 Å². The van der Waals surface area contributed by atoms with Crippen molar-refractivity contribution in [3.05, 3.63) is 71.2 Å². The lowest BCUT2D eigenvalue weighted by molar-refractivity contribution is 0.0732. The molecule has 0 spiro atoms.